The van der Waals surface area contributed by atoms with Crippen LogP contribution in [-0.2, 0) is 6.54 Å². The molecular formula is C16H14ClN3. The lowest BCUT2D eigenvalue weighted by molar-refractivity contribution is 0.790. The molecule has 0 amide bonds. The van der Waals surface area contributed by atoms with Gasteiger partial charge in [0.15, 0.2) is 0 Å². The fourth-order valence-electron chi connectivity index (χ4n) is 2.15. The van der Waals surface area contributed by atoms with E-state index in [-0.39, 0.29) is 0 Å². The average molecular weight is 284 g/mol. The summed E-state index contributed by atoms with van der Waals surface area (Å²) in [5.74, 6) is 0.726. The van der Waals surface area contributed by atoms with Gasteiger partial charge in [0.2, 0.25) is 5.95 Å². The zero-order valence-corrected chi connectivity index (χ0v) is 11.9. The highest BCUT2D eigenvalue weighted by Crippen LogP contribution is 2.21. The van der Waals surface area contributed by atoms with Gasteiger partial charge in [-0.2, -0.15) is 0 Å². The Labute approximate surface area is 122 Å². The first kappa shape index (κ1) is 12.9. The SMILES string of the molecule is CCn1c(N=Cc2ccc(Cl)cc2)nc2ccccc21. The van der Waals surface area contributed by atoms with Gasteiger partial charge in [-0.05, 0) is 36.8 Å². The zero-order chi connectivity index (χ0) is 13.9. The monoisotopic (exact) mass is 283 g/mol. The van der Waals surface area contributed by atoms with Crippen LogP contribution in [-0.4, -0.2) is 15.8 Å². The molecular weight excluding hydrogens is 270 g/mol. The molecule has 0 bridgehead atoms. The molecule has 0 spiro atoms. The molecule has 1 heterocycles. The maximum Gasteiger partial charge on any atom is 0.230 e. The number of rotatable bonds is 3. The Morgan fingerprint density at radius 1 is 1.15 bits per heavy atom. The number of fused-ring (bicyclic) bond motifs is 1. The normalized spacial score (nSPS) is 11.5. The van der Waals surface area contributed by atoms with Crippen LogP contribution in [0.1, 0.15) is 12.5 Å². The molecule has 0 aliphatic rings. The minimum absolute atomic E-state index is 0.725. The Morgan fingerprint density at radius 3 is 2.65 bits per heavy atom. The predicted octanol–water partition coefficient (Wildman–Crippen LogP) is 4.46. The third kappa shape index (κ3) is 2.45. The van der Waals surface area contributed by atoms with Crippen molar-refractivity contribution < 1.29 is 0 Å². The number of aliphatic imine (C=N–C) groups is 1. The van der Waals surface area contributed by atoms with Crippen LogP contribution in [0, 0.1) is 0 Å². The van der Waals surface area contributed by atoms with Crippen molar-refractivity contribution in [1.29, 1.82) is 0 Å². The van der Waals surface area contributed by atoms with Crippen LogP contribution in [0.4, 0.5) is 5.95 Å². The van der Waals surface area contributed by atoms with E-state index in [0.717, 1.165) is 34.1 Å². The third-order valence-electron chi connectivity index (χ3n) is 3.15. The number of hydrogen-bond donors (Lipinski definition) is 0. The first-order chi connectivity index (χ1) is 9.78. The van der Waals surface area contributed by atoms with Crippen molar-refractivity contribution in [2.75, 3.05) is 0 Å². The Kier molecular flexibility index (Phi) is 3.52. The van der Waals surface area contributed by atoms with Crippen molar-refractivity contribution in [1.82, 2.24) is 9.55 Å². The molecule has 4 heteroatoms. The van der Waals surface area contributed by atoms with E-state index >= 15 is 0 Å². The van der Waals surface area contributed by atoms with Gasteiger partial charge in [0.1, 0.15) is 0 Å². The summed E-state index contributed by atoms with van der Waals surface area (Å²) in [6.45, 7) is 2.93. The van der Waals surface area contributed by atoms with E-state index in [1.807, 2.05) is 48.7 Å². The van der Waals surface area contributed by atoms with Gasteiger partial charge < -0.3 is 4.57 Å². The zero-order valence-electron chi connectivity index (χ0n) is 11.1. The summed E-state index contributed by atoms with van der Waals surface area (Å²) in [7, 11) is 0. The van der Waals surface area contributed by atoms with Crippen molar-refractivity contribution >= 4 is 34.8 Å². The van der Waals surface area contributed by atoms with Crippen LogP contribution in [0.15, 0.2) is 53.5 Å². The van der Waals surface area contributed by atoms with Crippen molar-refractivity contribution in [2.24, 2.45) is 4.99 Å². The van der Waals surface area contributed by atoms with Crippen LogP contribution >= 0.6 is 11.6 Å². The van der Waals surface area contributed by atoms with Gasteiger partial charge in [0.05, 0.1) is 11.0 Å². The van der Waals surface area contributed by atoms with E-state index in [1.165, 1.54) is 0 Å². The number of aryl methyl sites for hydroxylation is 1. The van der Waals surface area contributed by atoms with Gasteiger partial charge in [-0.3, -0.25) is 0 Å². The molecule has 3 rings (SSSR count). The highest BCUT2D eigenvalue weighted by atomic mass is 35.5. The molecule has 0 aliphatic heterocycles. The van der Waals surface area contributed by atoms with E-state index in [1.54, 1.807) is 0 Å². The second kappa shape index (κ2) is 5.47. The Bertz CT molecular complexity index is 757. The molecule has 0 radical (unpaired) electrons. The lowest BCUT2D eigenvalue weighted by Gasteiger charge is -2.01. The molecule has 100 valence electrons. The number of hydrogen-bond acceptors (Lipinski definition) is 2. The smallest absolute Gasteiger partial charge is 0.230 e. The fourth-order valence-corrected chi connectivity index (χ4v) is 2.28. The summed E-state index contributed by atoms with van der Waals surface area (Å²) >= 11 is 5.87. The van der Waals surface area contributed by atoms with E-state index in [9.17, 15) is 0 Å². The van der Waals surface area contributed by atoms with Gasteiger partial charge in [-0.25, -0.2) is 9.98 Å². The summed E-state index contributed by atoms with van der Waals surface area (Å²) in [6.07, 6.45) is 1.81. The minimum Gasteiger partial charge on any atom is -0.309 e. The highest BCUT2D eigenvalue weighted by molar-refractivity contribution is 6.30. The molecule has 3 aromatic rings. The summed E-state index contributed by atoms with van der Waals surface area (Å²) in [6, 6.07) is 15.6. The molecule has 0 saturated heterocycles. The fraction of sp³-hybridized carbons (Fsp3) is 0.125. The molecule has 20 heavy (non-hydrogen) atoms. The highest BCUT2D eigenvalue weighted by Gasteiger charge is 2.06. The minimum atomic E-state index is 0.725. The predicted molar refractivity (Wildman–Crippen MR) is 84.1 cm³/mol. The summed E-state index contributed by atoms with van der Waals surface area (Å²) < 4.78 is 2.10. The molecule has 2 aromatic carbocycles. The Balaban J connectivity index is 1.99. The Morgan fingerprint density at radius 2 is 1.90 bits per heavy atom. The number of benzene rings is 2. The number of halogens is 1. The van der Waals surface area contributed by atoms with Crippen molar-refractivity contribution in [3.05, 3.63) is 59.1 Å². The third-order valence-corrected chi connectivity index (χ3v) is 3.40. The van der Waals surface area contributed by atoms with E-state index in [2.05, 4.69) is 27.5 Å². The van der Waals surface area contributed by atoms with E-state index < -0.39 is 0 Å². The van der Waals surface area contributed by atoms with Gasteiger partial charge >= 0.3 is 0 Å². The second-order valence-electron chi connectivity index (χ2n) is 4.45. The van der Waals surface area contributed by atoms with Crippen LogP contribution in [0.3, 0.4) is 0 Å². The molecule has 0 atom stereocenters. The van der Waals surface area contributed by atoms with Crippen LogP contribution in [0.25, 0.3) is 11.0 Å². The van der Waals surface area contributed by atoms with Gasteiger partial charge in [-0.1, -0.05) is 35.9 Å². The van der Waals surface area contributed by atoms with E-state index in [0.29, 0.717) is 0 Å². The molecule has 0 aliphatic carbocycles. The summed E-state index contributed by atoms with van der Waals surface area (Å²) in [4.78, 5) is 9.05. The molecule has 0 N–H and O–H groups in total. The van der Waals surface area contributed by atoms with Crippen LogP contribution in [0.2, 0.25) is 5.02 Å². The molecule has 3 nitrogen and oxygen atoms in total. The van der Waals surface area contributed by atoms with Crippen molar-refractivity contribution in [3.8, 4) is 0 Å². The number of para-hydroxylation sites is 2. The second-order valence-corrected chi connectivity index (χ2v) is 4.89. The number of nitrogens with zero attached hydrogens (tertiary/aromatic N) is 3. The number of aromatic nitrogens is 2. The number of imidazole rings is 1. The lowest BCUT2D eigenvalue weighted by Crippen LogP contribution is -1.93. The van der Waals surface area contributed by atoms with Crippen molar-refractivity contribution in [3.63, 3.8) is 0 Å². The average Bonchev–Trinajstić information content (AvgIpc) is 2.84. The van der Waals surface area contributed by atoms with Gasteiger partial charge in [-0.15, -0.1) is 0 Å². The maximum atomic E-state index is 5.87. The lowest BCUT2D eigenvalue weighted by atomic mass is 10.2. The Hall–Kier alpha value is -2.13. The molecule has 0 unspecified atom stereocenters. The molecule has 0 fully saturated rings. The first-order valence-electron chi connectivity index (χ1n) is 6.53. The topological polar surface area (TPSA) is 30.2 Å². The van der Waals surface area contributed by atoms with Gasteiger partial charge in [0, 0.05) is 17.8 Å². The first-order valence-corrected chi connectivity index (χ1v) is 6.90. The molecule has 0 saturated carbocycles. The van der Waals surface area contributed by atoms with Crippen LogP contribution in [0.5, 0.6) is 0 Å². The summed E-state index contributed by atoms with van der Waals surface area (Å²) in [5.41, 5.74) is 3.08. The maximum absolute atomic E-state index is 5.87. The van der Waals surface area contributed by atoms with Gasteiger partial charge in [0.25, 0.3) is 0 Å². The van der Waals surface area contributed by atoms with Crippen molar-refractivity contribution in [2.45, 2.75) is 13.5 Å². The largest absolute Gasteiger partial charge is 0.309 e. The molecule has 1 aromatic heterocycles. The summed E-state index contributed by atoms with van der Waals surface area (Å²) in [5, 5.41) is 0.725. The van der Waals surface area contributed by atoms with E-state index in [4.69, 9.17) is 11.6 Å². The van der Waals surface area contributed by atoms with Crippen LogP contribution < -0.4 is 0 Å². The standard InChI is InChI=1S/C16H14ClN3/c1-2-20-15-6-4-3-5-14(15)19-16(20)18-11-12-7-9-13(17)10-8-12/h3-11H,2H2,1H3. The quantitative estimate of drug-likeness (QED) is 0.653.